The van der Waals surface area contributed by atoms with Crippen LogP contribution in [0, 0.1) is 11.3 Å². The van der Waals surface area contributed by atoms with Crippen LogP contribution >= 0.6 is 11.6 Å². The fourth-order valence-electron chi connectivity index (χ4n) is 2.70. The van der Waals surface area contributed by atoms with Crippen LogP contribution in [-0.4, -0.2) is 34.0 Å². The van der Waals surface area contributed by atoms with Gasteiger partial charge in [-0.1, -0.05) is 31.2 Å². The molecule has 0 atom stereocenters. The average molecular weight is 388 g/mol. The molecule has 0 aliphatic rings. The summed E-state index contributed by atoms with van der Waals surface area (Å²) >= 11 is 6.41. The van der Waals surface area contributed by atoms with Gasteiger partial charge in [-0.3, -0.25) is 4.68 Å². The van der Waals surface area contributed by atoms with Crippen molar-refractivity contribution in [3.8, 4) is 17.3 Å². The summed E-state index contributed by atoms with van der Waals surface area (Å²) in [6.07, 6.45) is 5.24. The molecule has 26 heavy (non-hydrogen) atoms. The van der Waals surface area contributed by atoms with Crippen molar-refractivity contribution in [1.29, 1.82) is 5.26 Å². The van der Waals surface area contributed by atoms with Crippen molar-refractivity contribution < 1.29 is 4.74 Å². The lowest BCUT2D eigenvalue weighted by Crippen LogP contribution is -2.22. The number of pyridine rings is 1. The van der Waals surface area contributed by atoms with Crippen LogP contribution in [0.5, 0.6) is 0 Å². The van der Waals surface area contributed by atoms with Crippen molar-refractivity contribution in [3.63, 3.8) is 0 Å². The van der Waals surface area contributed by atoms with Crippen LogP contribution in [0.15, 0.2) is 24.7 Å². The minimum absolute atomic E-state index is 0.369. The monoisotopic (exact) mass is 387 g/mol. The molecule has 8 heteroatoms. The van der Waals surface area contributed by atoms with E-state index in [9.17, 15) is 5.26 Å². The molecule has 3 heterocycles. The van der Waals surface area contributed by atoms with Crippen molar-refractivity contribution >= 4 is 30.7 Å². The van der Waals surface area contributed by atoms with Gasteiger partial charge in [0.05, 0.1) is 22.5 Å². The molecular weight excluding hydrogens is 366 g/mol. The van der Waals surface area contributed by atoms with E-state index in [0.717, 1.165) is 22.7 Å². The van der Waals surface area contributed by atoms with Gasteiger partial charge in [0, 0.05) is 45.1 Å². The van der Waals surface area contributed by atoms with E-state index in [2.05, 4.69) is 35.8 Å². The van der Waals surface area contributed by atoms with Gasteiger partial charge in [-0.05, 0) is 12.1 Å². The Morgan fingerprint density at radius 1 is 1.31 bits per heavy atom. The lowest BCUT2D eigenvalue weighted by atomic mass is 10.2. The summed E-state index contributed by atoms with van der Waals surface area (Å²) in [6, 6.07) is 5.13. The van der Waals surface area contributed by atoms with Gasteiger partial charge in [0.1, 0.15) is 18.4 Å². The molecule has 3 aromatic heterocycles. The quantitative estimate of drug-likeness (QED) is 0.467. The highest BCUT2D eigenvalue weighted by molar-refractivity contribution is 6.76. The zero-order valence-electron chi connectivity index (χ0n) is 15.5. The van der Waals surface area contributed by atoms with Gasteiger partial charge >= 0.3 is 0 Å². The summed E-state index contributed by atoms with van der Waals surface area (Å²) in [5, 5.41) is 14.6. The fraction of sp³-hybridized carbons (Fsp3) is 0.389. The highest BCUT2D eigenvalue weighted by atomic mass is 35.5. The third kappa shape index (κ3) is 3.83. The molecule has 0 radical (unpaired) electrons. The van der Waals surface area contributed by atoms with Gasteiger partial charge < -0.3 is 9.30 Å². The van der Waals surface area contributed by atoms with E-state index in [0.29, 0.717) is 29.6 Å². The standard InChI is InChI=1S/C18H22ClN5OSi/c1-23-11-14(10-22-23)16-7-15-17(19)13(8-20)9-21-18(15)24(16)12-25-5-6-26(2,3)4/h7,9-11H,5-6,12H2,1-4H3. The van der Waals surface area contributed by atoms with Crippen molar-refractivity contribution in [2.24, 2.45) is 7.05 Å². The Bertz CT molecular complexity index is 980. The van der Waals surface area contributed by atoms with Gasteiger partial charge in [-0.25, -0.2) is 4.98 Å². The second-order valence-electron chi connectivity index (χ2n) is 7.54. The summed E-state index contributed by atoms with van der Waals surface area (Å²) in [4.78, 5) is 4.45. The van der Waals surface area contributed by atoms with Crippen molar-refractivity contribution in [2.75, 3.05) is 6.61 Å². The molecule has 6 nitrogen and oxygen atoms in total. The lowest BCUT2D eigenvalue weighted by molar-refractivity contribution is 0.0909. The van der Waals surface area contributed by atoms with E-state index < -0.39 is 8.07 Å². The number of halogens is 1. The van der Waals surface area contributed by atoms with Crippen LogP contribution in [0.4, 0.5) is 0 Å². The maximum absolute atomic E-state index is 9.21. The molecule has 0 saturated carbocycles. The number of aromatic nitrogens is 4. The topological polar surface area (TPSA) is 68.7 Å². The van der Waals surface area contributed by atoms with Gasteiger partial charge in [0.25, 0.3) is 0 Å². The third-order valence-electron chi connectivity index (χ3n) is 4.20. The molecule has 136 valence electrons. The predicted octanol–water partition coefficient (Wildman–Crippen LogP) is 4.27. The Labute approximate surface area is 159 Å². The van der Waals surface area contributed by atoms with Gasteiger partial charge in [-0.2, -0.15) is 10.4 Å². The zero-order valence-corrected chi connectivity index (χ0v) is 17.2. The summed E-state index contributed by atoms with van der Waals surface area (Å²) < 4.78 is 9.69. The highest BCUT2D eigenvalue weighted by Crippen LogP contribution is 2.32. The molecule has 3 aromatic rings. The molecule has 0 N–H and O–H groups in total. The second-order valence-corrected chi connectivity index (χ2v) is 13.5. The van der Waals surface area contributed by atoms with Crippen LogP contribution in [0.3, 0.4) is 0 Å². The van der Waals surface area contributed by atoms with E-state index >= 15 is 0 Å². The summed E-state index contributed by atoms with van der Waals surface area (Å²) in [6.45, 7) is 8.08. The predicted molar refractivity (Wildman–Crippen MR) is 106 cm³/mol. The number of nitriles is 1. The average Bonchev–Trinajstić information content (AvgIpc) is 3.15. The summed E-state index contributed by atoms with van der Waals surface area (Å²) in [7, 11) is 0.726. The molecule has 3 rings (SSSR count). The fourth-order valence-corrected chi connectivity index (χ4v) is 3.69. The van der Waals surface area contributed by atoms with E-state index in [1.54, 1.807) is 10.9 Å². The van der Waals surface area contributed by atoms with Crippen molar-refractivity contribution in [2.45, 2.75) is 32.4 Å². The van der Waals surface area contributed by atoms with Gasteiger partial charge in [0.2, 0.25) is 0 Å². The summed E-state index contributed by atoms with van der Waals surface area (Å²) in [5.41, 5.74) is 2.95. The number of nitrogens with zero attached hydrogens (tertiary/aromatic N) is 5. The Morgan fingerprint density at radius 3 is 2.69 bits per heavy atom. The number of hydrogen-bond acceptors (Lipinski definition) is 4. The largest absolute Gasteiger partial charge is 0.361 e. The smallest absolute Gasteiger partial charge is 0.143 e. The second kappa shape index (κ2) is 7.23. The minimum Gasteiger partial charge on any atom is -0.361 e. The zero-order chi connectivity index (χ0) is 18.9. The molecule has 0 aliphatic heterocycles. The number of rotatable bonds is 6. The minimum atomic E-state index is -1.15. The highest BCUT2D eigenvalue weighted by Gasteiger charge is 2.18. The molecule has 0 amide bonds. The molecule has 0 aromatic carbocycles. The van der Waals surface area contributed by atoms with E-state index in [1.165, 1.54) is 6.20 Å². The lowest BCUT2D eigenvalue weighted by Gasteiger charge is -2.16. The molecule has 0 saturated heterocycles. The maximum Gasteiger partial charge on any atom is 0.143 e. The van der Waals surface area contributed by atoms with Crippen LogP contribution < -0.4 is 0 Å². The molecule has 0 spiro atoms. The van der Waals surface area contributed by atoms with Crippen molar-refractivity contribution in [3.05, 3.63) is 35.2 Å². The van der Waals surface area contributed by atoms with E-state index in [-0.39, 0.29) is 0 Å². The SMILES string of the molecule is Cn1cc(-c2cc3c(Cl)c(C#N)cnc3n2COCC[Si](C)(C)C)cn1. The number of aryl methyl sites for hydroxylation is 1. The van der Waals surface area contributed by atoms with Crippen LogP contribution in [-0.2, 0) is 18.5 Å². The number of fused-ring (bicyclic) bond motifs is 1. The Kier molecular flexibility index (Phi) is 5.19. The normalized spacial score (nSPS) is 11.8. The third-order valence-corrected chi connectivity index (χ3v) is 6.31. The molecule has 0 fully saturated rings. The maximum atomic E-state index is 9.21. The Hall–Kier alpha value is -2.14. The number of ether oxygens (including phenoxy) is 1. The Morgan fingerprint density at radius 2 is 2.08 bits per heavy atom. The summed E-state index contributed by atoms with van der Waals surface area (Å²) in [5.74, 6) is 0. The van der Waals surface area contributed by atoms with Crippen LogP contribution in [0.1, 0.15) is 5.56 Å². The first kappa shape index (κ1) is 18.6. The van der Waals surface area contributed by atoms with Gasteiger partial charge in [0.15, 0.2) is 0 Å². The van der Waals surface area contributed by atoms with E-state index in [1.807, 2.05) is 23.9 Å². The molecular formula is C18H22ClN5OSi. The van der Waals surface area contributed by atoms with Crippen LogP contribution in [0.25, 0.3) is 22.3 Å². The number of hydrogen-bond donors (Lipinski definition) is 0. The van der Waals surface area contributed by atoms with E-state index in [4.69, 9.17) is 16.3 Å². The molecule has 0 aliphatic carbocycles. The van der Waals surface area contributed by atoms with Crippen LogP contribution in [0.2, 0.25) is 30.7 Å². The first-order valence-electron chi connectivity index (χ1n) is 8.45. The first-order chi connectivity index (χ1) is 12.3. The Balaban J connectivity index is 2.01. The molecule has 0 unspecified atom stereocenters. The molecule has 0 bridgehead atoms. The van der Waals surface area contributed by atoms with Gasteiger partial charge in [-0.15, -0.1) is 0 Å². The first-order valence-corrected chi connectivity index (χ1v) is 12.5. The van der Waals surface area contributed by atoms with Crippen molar-refractivity contribution in [1.82, 2.24) is 19.3 Å².